The summed E-state index contributed by atoms with van der Waals surface area (Å²) < 4.78 is 0.788. The Morgan fingerprint density at radius 1 is 1.37 bits per heavy atom. The number of nitrogens with one attached hydrogen (secondary N) is 3. The smallest absolute Gasteiger partial charge is 0.319 e. The van der Waals surface area contributed by atoms with Crippen molar-refractivity contribution in [3.05, 3.63) is 22.9 Å². The van der Waals surface area contributed by atoms with Gasteiger partial charge >= 0.3 is 6.03 Å². The average molecular weight is 325 g/mol. The third-order valence-electron chi connectivity index (χ3n) is 3.83. The third-order valence-corrected chi connectivity index (χ3v) is 4.46. The molecule has 2 fully saturated rings. The van der Waals surface area contributed by atoms with E-state index in [1.54, 1.807) is 18.5 Å². The van der Waals surface area contributed by atoms with Crippen LogP contribution in [-0.2, 0) is 0 Å². The van der Waals surface area contributed by atoms with Crippen molar-refractivity contribution >= 4 is 27.6 Å². The first kappa shape index (κ1) is 12.9. The predicted octanol–water partition coefficient (Wildman–Crippen LogP) is 2.25. The molecule has 2 aliphatic heterocycles. The van der Waals surface area contributed by atoms with Gasteiger partial charge in [0.05, 0.1) is 10.2 Å². The number of amides is 2. The second-order valence-corrected chi connectivity index (χ2v) is 6.11. The zero-order valence-electron chi connectivity index (χ0n) is 10.5. The molecule has 2 atom stereocenters. The van der Waals surface area contributed by atoms with Crippen LogP contribution in [0.25, 0.3) is 0 Å². The van der Waals surface area contributed by atoms with E-state index in [-0.39, 0.29) is 12.1 Å². The fourth-order valence-corrected chi connectivity index (χ4v) is 3.34. The van der Waals surface area contributed by atoms with Crippen LogP contribution in [0.4, 0.5) is 10.5 Å². The number of hydrogen-bond donors (Lipinski definition) is 3. The maximum absolute atomic E-state index is 12.0. The fraction of sp³-hybridized carbons (Fsp3) is 0.538. The number of fused-ring (bicyclic) bond motifs is 2. The fourth-order valence-electron chi connectivity index (χ4n) is 3.00. The highest BCUT2D eigenvalue weighted by atomic mass is 79.9. The number of pyridine rings is 1. The molecule has 0 aliphatic carbocycles. The van der Waals surface area contributed by atoms with Gasteiger partial charge in [0.1, 0.15) is 0 Å². The van der Waals surface area contributed by atoms with Crippen LogP contribution in [0.5, 0.6) is 0 Å². The highest BCUT2D eigenvalue weighted by molar-refractivity contribution is 9.10. The van der Waals surface area contributed by atoms with Crippen LogP contribution in [0.15, 0.2) is 22.9 Å². The van der Waals surface area contributed by atoms with Gasteiger partial charge in [-0.2, -0.15) is 0 Å². The van der Waals surface area contributed by atoms with Crippen LogP contribution >= 0.6 is 15.9 Å². The second-order valence-electron chi connectivity index (χ2n) is 5.26. The summed E-state index contributed by atoms with van der Waals surface area (Å²) in [6, 6.07) is 3.07. The van der Waals surface area contributed by atoms with E-state index in [1.165, 1.54) is 12.8 Å². The van der Waals surface area contributed by atoms with Crippen molar-refractivity contribution < 1.29 is 4.79 Å². The third kappa shape index (κ3) is 3.06. The number of carbonyl (C=O) groups is 1. The lowest BCUT2D eigenvalue weighted by Gasteiger charge is -2.29. The number of nitrogens with zero attached hydrogens (tertiary/aromatic N) is 1. The number of rotatable bonds is 2. The Balaban J connectivity index is 1.56. The van der Waals surface area contributed by atoms with Gasteiger partial charge in [-0.05, 0) is 47.7 Å². The summed E-state index contributed by atoms with van der Waals surface area (Å²) in [6.07, 6.45) is 7.86. The van der Waals surface area contributed by atoms with Crippen LogP contribution in [0, 0.1) is 0 Å². The molecule has 0 spiro atoms. The van der Waals surface area contributed by atoms with Crippen molar-refractivity contribution in [2.45, 2.75) is 43.8 Å². The van der Waals surface area contributed by atoms with Crippen LogP contribution in [0.3, 0.4) is 0 Å². The van der Waals surface area contributed by atoms with Gasteiger partial charge in [-0.3, -0.25) is 4.98 Å². The van der Waals surface area contributed by atoms with Crippen LogP contribution in [-0.4, -0.2) is 29.1 Å². The van der Waals surface area contributed by atoms with E-state index in [1.807, 2.05) is 0 Å². The molecule has 0 saturated carbocycles. The van der Waals surface area contributed by atoms with E-state index in [9.17, 15) is 4.79 Å². The zero-order valence-corrected chi connectivity index (χ0v) is 12.1. The van der Waals surface area contributed by atoms with Crippen molar-refractivity contribution in [1.29, 1.82) is 0 Å². The van der Waals surface area contributed by atoms with Gasteiger partial charge in [-0.25, -0.2) is 4.79 Å². The largest absolute Gasteiger partial charge is 0.335 e. The highest BCUT2D eigenvalue weighted by Gasteiger charge is 2.33. The molecule has 3 rings (SSSR count). The number of piperidine rings is 1. The molecule has 0 aromatic carbocycles. The molecular formula is C13H17BrN4O. The molecule has 3 N–H and O–H groups in total. The van der Waals surface area contributed by atoms with Gasteiger partial charge in [0.25, 0.3) is 0 Å². The molecule has 2 bridgehead atoms. The first-order valence-corrected chi connectivity index (χ1v) is 7.43. The second kappa shape index (κ2) is 5.46. The minimum absolute atomic E-state index is 0.141. The van der Waals surface area contributed by atoms with Gasteiger partial charge in [-0.1, -0.05) is 0 Å². The Morgan fingerprint density at radius 2 is 2.11 bits per heavy atom. The number of aromatic nitrogens is 1. The van der Waals surface area contributed by atoms with Crippen molar-refractivity contribution in [1.82, 2.24) is 15.6 Å². The molecule has 6 heteroatoms. The average Bonchev–Trinajstić information content (AvgIpc) is 2.72. The van der Waals surface area contributed by atoms with Crippen molar-refractivity contribution in [2.24, 2.45) is 0 Å². The Kier molecular flexibility index (Phi) is 3.70. The minimum atomic E-state index is -0.141. The SMILES string of the molecule is O=C(Nc1ccncc1Br)NC1CC2CCC(C1)N2. The molecule has 0 radical (unpaired) electrons. The summed E-state index contributed by atoms with van der Waals surface area (Å²) in [5.74, 6) is 0. The summed E-state index contributed by atoms with van der Waals surface area (Å²) in [4.78, 5) is 16.0. The first-order chi connectivity index (χ1) is 9.20. The quantitative estimate of drug-likeness (QED) is 0.781. The standard InChI is InChI=1S/C13H17BrN4O/c14-11-7-15-4-3-12(11)18-13(19)17-10-5-8-1-2-9(6-10)16-8/h3-4,7-10,16H,1-2,5-6H2,(H2,15,17,18,19). The molecule has 19 heavy (non-hydrogen) atoms. The van der Waals surface area contributed by atoms with E-state index in [2.05, 4.69) is 36.9 Å². The van der Waals surface area contributed by atoms with Crippen molar-refractivity contribution in [3.8, 4) is 0 Å². The number of anilines is 1. The summed E-state index contributed by atoms with van der Waals surface area (Å²) in [6.45, 7) is 0. The van der Waals surface area contributed by atoms with Gasteiger partial charge in [0, 0.05) is 30.5 Å². The minimum Gasteiger partial charge on any atom is -0.335 e. The van der Waals surface area contributed by atoms with Gasteiger partial charge in [0.15, 0.2) is 0 Å². The number of halogens is 1. The lowest BCUT2D eigenvalue weighted by molar-refractivity contribution is 0.240. The molecule has 2 amide bonds. The lowest BCUT2D eigenvalue weighted by Crippen LogP contribution is -2.49. The Morgan fingerprint density at radius 3 is 2.79 bits per heavy atom. The van der Waals surface area contributed by atoms with Crippen molar-refractivity contribution in [3.63, 3.8) is 0 Å². The number of hydrogen-bond acceptors (Lipinski definition) is 3. The van der Waals surface area contributed by atoms with E-state index in [4.69, 9.17) is 0 Å². The highest BCUT2D eigenvalue weighted by Crippen LogP contribution is 2.27. The van der Waals surface area contributed by atoms with E-state index < -0.39 is 0 Å². The maximum Gasteiger partial charge on any atom is 0.319 e. The molecule has 102 valence electrons. The van der Waals surface area contributed by atoms with E-state index in [0.717, 1.165) is 23.0 Å². The summed E-state index contributed by atoms with van der Waals surface area (Å²) in [5, 5.41) is 9.48. The molecule has 2 unspecified atom stereocenters. The Labute approximate surface area is 120 Å². The van der Waals surface area contributed by atoms with Crippen LogP contribution in [0.1, 0.15) is 25.7 Å². The van der Waals surface area contributed by atoms with E-state index in [0.29, 0.717) is 12.1 Å². The predicted molar refractivity (Wildman–Crippen MR) is 77.1 cm³/mol. The maximum atomic E-state index is 12.0. The van der Waals surface area contributed by atoms with Gasteiger partial charge in [0.2, 0.25) is 0 Å². The van der Waals surface area contributed by atoms with Crippen LogP contribution < -0.4 is 16.0 Å². The monoisotopic (exact) mass is 324 g/mol. The molecule has 2 saturated heterocycles. The molecule has 1 aromatic rings. The van der Waals surface area contributed by atoms with E-state index >= 15 is 0 Å². The molecule has 5 nitrogen and oxygen atoms in total. The summed E-state index contributed by atoms with van der Waals surface area (Å²) in [7, 11) is 0. The normalized spacial score (nSPS) is 29.0. The van der Waals surface area contributed by atoms with Gasteiger partial charge in [-0.15, -0.1) is 0 Å². The molecule has 2 aliphatic rings. The Bertz CT molecular complexity index is 469. The molecular weight excluding hydrogens is 308 g/mol. The first-order valence-electron chi connectivity index (χ1n) is 6.64. The number of carbonyl (C=O) groups excluding carboxylic acids is 1. The van der Waals surface area contributed by atoms with Crippen molar-refractivity contribution in [2.75, 3.05) is 5.32 Å². The summed E-state index contributed by atoms with van der Waals surface area (Å²) >= 11 is 3.36. The number of urea groups is 1. The topological polar surface area (TPSA) is 66.0 Å². The zero-order chi connectivity index (χ0) is 13.2. The van der Waals surface area contributed by atoms with Gasteiger partial charge < -0.3 is 16.0 Å². The lowest BCUT2D eigenvalue weighted by atomic mass is 10.0. The Hall–Kier alpha value is -1.14. The molecule has 3 heterocycles. The molecule has 1 aromatic heterocycles. The van der Waals surface area contributed by atoms with Crippen LogP contribution in [0.2, 0.25) is 0 Å². The summed E-state index contributed by atoms with van der Waals surface area (Å²) in [5.41, 5.74) is 0.740.